The van der Waals surface area contributed by atoms with Crippen LogP contribution in [0.2, 0.25) is 0 Å². The van der Waals surface area contributed by atoms with Crippen LogP contribution < -0.4 is 5.11 Å². The number of hydrogen-bond acceptors (Lipinski definition) is 3. The summed E-state index contributed by atoms with van der Waals surface area (Å²) in [5, 5.41) is 21.4. The summed E-state index contributed by atoms with van der Waals surface area (Å²) in [4.78, 5) is 15.9. The zero-order valence-corrected chi connectivity index (χ0v) is 12.3. The summed E-state index contributed by atoms with van der Waals surface area (Å²) in [6.45, 7) is 0. The molecule has 0 amide bonds. The Kier molecular flexibility index (Phi) is 3.35. The number of pyridine rings is 1. The van der Waals surface area contributed by atoms with Crippen LogP contribution in [0.15, 0.2) is 53.0 Å². The number of nitrogens with zero attached hydrogens (tertiary/aromatic N) is 1. The fourth-order valence-electron chi connectivity index (χ4n) is 2.18. The van der Waals surface area contributed by atoms with Crippen LogP contribution in [0.4, 0.5) is 0 Å². The van der Waals surface area contributed by atoms with Crippen molar-refractivity contribution < 1.29 is 15.0 Å². The molecular weight excluding hydrogens is 334 g/mol. The van der Waals surface area contributed by atoms with E-state index in [1.54, 1.807) is 30.3 Å². The second-order valence-electron chi connectivity index (χ2n) is 4.55. The molecule has 0 unspecified atom stereocenters. The Morgan fingerprint density at radius 2 is 1.95 bits per heavy atom. The zero-order valence-electron chi connectivity index (χ0n) is 10.7. The number of benzene rings is 2. The molecule has 4 nitrogen and oxygen atoms in total. The van der Waals surface area contributed by atoms with Crippen LogP contribution >= 0.6 is 15.9 Å². The Bertz CT molecular complexity index is 861. The molecular formula is C16H9BrNO3-. The van der Waals surface area contributed by atoms with E-state index in [1.165, 1.54) is 18.2 Å². The summed E-state index contributed by atoms with van der Waals surface area (Å²) in [7, 11) is 0. The summed E-state index contributed by atoms with van der Waals surface area (Å²) in [5.41, 5.74) is 1.81. The van der Waals surface area contributed by atoms with Gasteiger partial charge in [0, 0.05) is 9.86 Å². The Balaban J connectivity index is 2.31. The van der Waals surface area contributed by atoms with Gasteiger partial charge in [-0.2, -0.15) is 0 Å². The summed E-state index contributed by atoms with van der Waals surface area (Å²) < 4.78 is 0.786. The third-order valence-electron chi connectivity index (χ3n) is 3.13. The first kappa shape index (κ1) is 13.6. The molecule has 1 heterocycles. The number of hydrogen-bond donors (Lipinski definition) is 1. The highest BCUT2D eigenvalue weighted by atomic mass is 79.9. The van der Waals surface area contributed by atoms with Crippen molar-refractivity contribution >= 4 is 32.8 Å². The van der Waals surface area contributed by atoms with E-state index >= 15 is 0 Å². The second-order valence-corrected chi connectivity index (χ2v) is 5.47. The topological polar surface area (TPSA) is 73.2 Å². The summed E-state index contributed by atoms with van der Waals surface area (Å²) in [5.74, 6) is -1.16. The highest BCUT2D eigenvalue weighted by Gasteiger charge is 2.13. The maximum absolute atomic E-state index is 11.5. The summed E-state index contributed by atoms with van der Waals surface area (Å²) in [6, 6.07) is 13.0. The number of fused-ring (bicyclic) bond motifs is 1. The van der Waals surface area contributed by atoms with Gasteiger partial charge in [0.05, 0.1) is 16.8 Å². The normalized spacial score (nSPS) is 10.7. The predicted octanol–water partition coefficient (Wildman–Crippen LogP) is 3.44. The molecule has 2 aromatic carbocycles. The van der Waals surface area contributed by atoms with E-state index in [9.17, 15) is 15.0 Å². The van der Waals surface area contributed by atoms with E-state index in [4.69, 9.17) is 0 Å². The van der Waals surface area contributed by atoms with E-state index in [0.29, 0.717) is 22.2 Å². The summed E-state index contributed by atoms with van der Waals surface area (Å²) in [6.07, 6.45) is 0. The highest BCUT2D eigenvalue weighted by Crippen LogP contribution is 2.28. The molecule has 5 heteroatoms. The van der Waals surface area contributed by atoms with E-state index in [0.717, 1.165) is 4.47 Å². The molecule has 1 aromatic heterocycles. The van der Waals surface area contributed by atoms with Crippen LogP contribution in [0.5, 0.6) is 5.75 Å². The van der Waals surface area contributed by atoms with Crippen molar-refractivity contribution in [2.45, 2.75) is 0 Å². The fourth-order valence-corrected chi connectivity index (χ4v) is 2.54. The van der Waals surface area contributed by atoms with Crippen LogP contribution in [-0.4, -0.2) is 16.1 Å². The first-order valence-electron chi connectivity index (χ1n) is 6.15. The molecule has 0 spiro atoms. The van der Waals surface area contributed by atoms with Crippen molar-refractivity contribution in [3.05, 3.63) is 58.6 Å². The first-order valence-corrected chi connectivity index (χ1v) is 6.95. The molecule has 3 aromatic rings. The molecule has 0 aliphatic heterocycles. The van der Waals surface area contributed by atoms with E-state index in [-0.39, 0.29) is 11.3 Å². The Labute approximate surface area is 128 Å². The Hall–Kier alpha value is -2.40. The molecule has 0 saturated carbocycles. The van der Waals surface area contributed by atoms with Crippen LogP contribution in [-0.2, 0) is 0 Å². The van der Waals surface area contributed by atoms with Crippen LogP contribution in [0.1, 0.15) is 10.4 Å². The van der Waals surface area contributed by atoms with Gasteiger partial charge in [-0.3, -0.25) is 0 Å². The molecule has 0 aliphatic rings. The largest absolute Gasteiger partial charge is 0.872 e. The first-order chi connectivity index (χ1) is 10.0. The quantitative estimate of drug-likeness (QED) is 0.774. The minimum atomic E-state index is -1.03. The lowest BCUT2D eigenvalue weighted by molar-refractivity contribution is -0.268. The van der Waals surface area contributed by atoms with E-state index in [1.807, 2.05) is 0 Å². The third kappa shape index (κ3) is 2.60. The van der Waals surface area contributed by atoms with Gasteiger partial charge in [0.2, 0.25) is 0 Å². The van der Waals surface area contributed by atoms with Gasteiger partial charge >= 0.3 is 5.97 Å². The van der Waals surface area contributed by atoms with Crippen molar-refractivity contribution in [2.75, 3.05) is 0 Å². The summed E-state index contributed by atoms with van der Waals surface area (Å²) >= 11 is 3.33. The lowest BCUT2D eigenvalue weighted by atomic mass is 10.0. The standard InChI is InChI=1S/C16H10BrNO3/c17-10-4-5-14-12(7-10)13(16(20)21)8-15(18-14)9-2-1-3-11(19)6-9/h1-8,19H,(H,20,21)/p-1. The third-order valence-corrected chi connectivity index (χ3v) is 3.62. The minimum Gasteiger partial charge on any atom is -0.872 e. The van der Waals surface area contributed by atoms with Gasteiger partial charge in [0.1, 0.15) is 0 Å². The molecule has 1 N–H and O–H groups in total. The van der Waals surface area contributed by atoms with Gasteiger partial charge in [-0.05, 0) is 29.8 Å². The average Bonchev–Trinajstić information content (AvgIpc) is 2.46. The Morgan fingerprint density at radius 1 is 1.14 bits per heavy atom. The number of carbonyl (C=O) groups is 1. The molecule has 104 valence electrons. The number of carboxylic acids is 1. The average molecular weight is 343 g/mol. The molecule has 0 aliphatic carbocycles. The van der Waals surface area contributed by atoms with Crippen LogP contribution in [0, 0.1) is 0 Å². The van der Waals surface area contributed by atoms with Crippen molar-refractivity contribution in [2.24, 2.45) is 0 Å². The fraction of sp³-hybridized carbons (Fsp3) is 0. The lowest BCUT2D eigenvalue weighted by Crippen LogP contribution is -2.00. The number of aromatic carboxylic acids is 1. The molecule has 0 bridgehead atoms. The number of carboxylic acid groups (broad SMARTS) is 1. The van der Waals surface area contributed by atoms with Gasteiger partial charge in [0.15, 0.2) is 0 Å². The number of halogens is 1. The Morgan fingerprint density at radius 3 is 2.67 bits per heavy atom. The number of rotatable bonds is 2. The van der Waals surface area contributed by atoms with Crippen molar-refractivity contribution in [1.29, 1.82) is 0 Å². The highest BCUT2D eigenvalue weighted by molar-refractivity contribution is 9.10. The van der Waals surface area contributed by atoms with Gasteiger partial charge in [-0.25, -0.2) is 9.78 Å². The molecule has 3 rings (SSSR count). The second kappa shape index (κ2) is 5.18. The van der Waals surface area contributed by atoms with Gasteiger partial charge in [0.25, 0.3) is 0 Å². The zero-order chi connectivity index (χ0) is 15.0. The van der Waals surface area contributed by atoms with Crippen LogP contribution in [0.25, 0.3) is 22.2 Å². The smallest absolute Gasteiger partial charge is 0.336 e. The number of aromatic nitrogens is 1. The van der Waals surface area contributed by atoms with E-state index < -0.39 is 5.97 Å². The molecule has 0 fully saturated rings. The molecule has 0 saturated heterocycles. The van der Waals surface area contributed by atoms with E-state index in [2.05, 4.69) is 20.9 Å². The SMILES string of the molecule is O=C(O)c1cc(-c2cccc([O-])c2)nc2ccc(Br)cc12. The van der Waals surface area contributed by atoms with Crippen molar-refractivity contribution in [3.8, 4) is 17.0 Å². The lowest BCUT2D eigenvalue weighted by Gasteiger charge is -2.10. The van der Waals surface area contributed by atoms with Crippen molar-refractivity contribution in [1.82, 2.24) is 4.98 Å². The maximum atomic E-state index is 11.5. The van der Waals surface area contributed by atoms with Gasteiger partial charge in [-0.15, -0.1) is 5.75 Å². The molecule has 0 atom stereocenters. The minimum absolute atomic E-state index is 0.137. The predicted molar refractivity (Wildman–Crippen MR) is 81.3 cm³/mol. The molecule has 21 heavy (non-hydrogen) atoms. The maximum Gasteiger partial charge on any atom is 0.336 e. The van der Waals surface area contributed by atoms with Gasteiger partial charge < -0.3 is 10.2 Å². The molecule has 0 radical (unpaired) electrons. The monoisotopic (exact) mass is 342 g/mol. The van der Waals surface area contributed by atoms with Gasteiger partial charge in [-0.1, -0.05) is 40.2 Å². The van der Waals surface area contributed by atoms with Crippen molar-refractivity contribution in [3.63, 3.8) is 0 Å². The van der Waals surface area contributed by atoms with Crippen LogP contribution in [0.3, 0.4) is 0 Å².